The molecule has 20 heavy (non-hydrogen) atoms. The number of carbonyl (C=O) groups excluding carboxylic acids is 2. The van der Waals surface area contributed by atoms with Gasteiger partial charge in [-0.1, -0.05) is 24.3 Å². The number of allylic oxidation sites excluding steroid dienone is 1. The summed E-state index contributed by atoms with van der Waals surface area (Å²) in [6.07, 6.45) is 8.35. The molecule has 0 aromatic heterocycles. The number of likely N-dealkylation sites (tertiary alicyclic amines) is 1. The summed E-state index contributed by atoms with van der Waals surface area (Å²) >= 11 is 0. The highest BCUT2D eigenvalue weighted by molar-refractivity contribution is 6.07. The van der Waals surface area contributed by atoms with Crippen molar-refractivity contribution in [3.63, 3.8) is 0 Å². The monoisotopic (exact) mass is 273 g/mol. The maximum atomic E-state index is 11.7. The van der Waals surface area contributed by atoms with Crippen LogP contribution in [0.2, 0.25) is 0 Å². The van der Waals surface area contributed by atoms with E-state index >= 15 is 0 Å². The van der Waals surface area contributed by atoms with E-state index in [2.05, 4.69) is 27.0 Å². The number of piperidine rings is 1. The normalized spacial score (nSPS) is 22.2. The van der Waals surface area contributed by atoms with Gasteiger partial charge in [-0.05, 0) is 32.0 Å². The first kappa shape index (κ1) is 14.5. The van der Waals surface area contributed by atoms with Gasteiger partial charge in [-0.25, -0.2) is 4.99 Å². The SMILES string of the molecule is O=C1N=CC=CC1C(=O)NCC#CCN1CCCCC1. The average molecular weight is 273 g/mol. The molecule has 2 aliphatic rings. The molecule has 106 valence electrons. The Morgan fingerprint density at radius 2 is 2.15 bits per heavy atom. The zero-order valence-corrected chi connectivity index (χ0v) is 11.5. The topological polar surface area (TPSA) is 61.8 Å². The van der Waals surface area contributed by atoms with Crippen molar-refractivity contribution in [2.75, 3.05) is 26.2 Å². The minimum atomic E-state index is -0.802. The molecule has 1 N–H and O–H groups in total. The minimum Gasteiger partial charge on any atom is -0.344 e. The van der Waals surface area contributed by atoms with Crippen LogP contribution in [0.1, 0.15) is 19.3 Å². The molecule has 2 amide bonds. The summed E-state index contributed by atoms with van der Waals surface area (Å²) in [6.45, 7) is 3.25. The molecule has 1 unspecified atom stereocenters. The molecule has 0 aromatic rings. The van der Waals surface area contributed by atoms with Crippen LogP contribution in [-0.4, -0.2) is 49.1 Å². The molecule has 0 radical (unpaired) electrons. The Labute approximate surface area is 119 Å². The molecule has 0 aliphatic carbocycles. The van der Waals surface area contributed by atoms with Crippen LogP contribution < -0.4 is 5.32 Å². The van der Waals surface area contributed by atoms with Crippen molar-refractivity contribution < 1.29 is 9.59 Å². The Kier molecular flexibility index (Phi) is 5.51. The number of hydrogen-bond donors (Lipinski definition) is 1. The van der Waals surface area contributed by atoms with E-state index in [1.54, 1.807) is 12.2 Å². The zero-order chi connectivity index (χ0) is 14.2. The van der Waals surface area contributed by atoms with Crippen molar-refractivity contribution in [2.45, 2.75) is 19.3 Å². The lowest BCUT2D eigenvalue weighted by Crippen LogP contribution is -2.35. The number of nitrogens with one attached hydrogen (secondary N) is 1. The predicted octanol–water partition coefficient (Wildman–Crippen LogP) is 0.375. The quantitative estimate of drug-likeness (QED) is 0.597. The summed E-state index contributed by atoms with van der Waals surface area (Å²) in [7, 11) is 0. The van der Waals surface area contributed by atoms with E-state index in [0.717, 1.165) is 19.6 Å². The molecule has 0 spiro atoms. The van der Waals surface area contributed by atoms with Gasteiger partial charge in [0.05, 0.1) is 13.1 Å². The molecule has 5 heteroatoms. The van der Waals surface area contributed by atoms with E-state index in [-0.39, 0.29) is 12.5 Å². The van der Waals surface area contributed by atoms with E-state index in [4.69, 9.17) is 0 Å². The molecule has 0 aromatic carbocycles. The number of amides is 2. The number of nitrogens with zero attached hydrogens (tertiary/aromatic N) is 2. The Morgan fingerprint density at radius 3 is 2.90 bits per heavy atom. The summed E-state index contributed by atoms with van der Waals surface area (Å²) in [6, 6.07) is 0. The van der Waals surface area contributed by atoms with Gasteiger partial charge in [0, 0.05) is 6.21 Å². The fourth-order valence-electron chi connectivity index (χ4n) is 2.23. The highest BCUT2D eigenvalue weighted by Crippen LogP contribution is 2.07. The molecular weight excluding hydrogens is 254 g/mol. The number of hydrogen-bond acceptors (Lipinski definition) is 3. The van der Waals surface area contributed by atoms with E-state index in [9.17, 15) is 9.59 Å². The fraction of sp³-hybridized carbons (Fsp3) is 0.533. The second kappa shape index (κ2) is 7.61. The first-order valence-corrected chi connectivity index (χ1v) is 6.98. The van der Waals surface area contributed by atoms with Crippen molar-refractivity contribution in [3.8, 4) is 11.8 Å². The van der Waals surface area contributed by atoms with Gasteiger partial charge < -0.3 is 5.32 Å². The molecule has 1 atom stereocenters. The molecule has 0 bridgehead atoms. The van der Waals surface area contributed by atoms with E-state index in [1.165, 1.54) is 25.5 Å². The molecule has 2 aliphatic heterocycles. The van der Waals surface area contributed by atoms with Gasteiger partial charge in [-0.2, -0.15) is 0 Å². The van der Waals surface area contributed by atoms with Gasteiger partial charge in [0.2, 0.25) is 5.91 Å². The molecule has 5 nitrogen and oxygen atoms in total. The molecule has 2 heterocycles. The van der Waals surface area contributed by atoms with Crippen LogP contribution in [0.15, 0.2) is 17.1 Å². The number of carbonyl (C=O) groups is 2. The maximum absolute atomic E-state index is 11.7. The Balaban J connectivity index is 1.67. The van der Waals surface area contributed by atoms with E-state index in [0.29, 0.717) is 0 Å². The first-order valence-electron chi connectivity index (χ1n) is 6.98. The van der Waals surface area contributed by atoms with Crippen molar-refractivity contribution in [3.05, 3.63) is 12.2 Å². The third kappa shape index (κ3) is 4.32. The summed E-state index contributed by atoms with van der Waals surface area (Å²) in [5.74, 6) is 4.41. The second-order valence-electron chi connectivity index (χ2n) is 4.89. The van der Waals surface area contributed by atoms with Crippen LogP contribution in [-0.2, 0) is 9.59 Å². The van der Waals surface area contributed by atoms with Crippen molar-refractivity contribution in [2.24, 2.45) is 10.9 Å². The van der Waals surface area contributed by atoms with Crippen LogP contribution >= 0.6 is 0 Å². The molecule has 1 saturated heterocycles. The maximum Gasteiger partial charge on any atom is 0.262 e. The van der Waals surface area contributed by atoms with Crippen molar-refractivity contribution >= 4 is 18.0 Å². The van der Waals surface area contributed by atoms with Gasteiger partial charge in [0.25, 0.3) is 5.91 Å². The third-order valence-corrected chi connectivity index (χ3v) is 3.37. The number of rotatable bonds is 3. The van der Waals surface area contributed by atoms with Crippen LogP contribution in [0.4, 0.5) is 0 Å². The van der Waals surface area contributed by atoms with E-state index < -0.39 is 11.8 Å². The Hall–Kier alpha value is -1.93. The average Bonchev–Trinajstić information content (AvgIpc) is 2.48. The lowest BCUT2D eigenvalue weighted by molar-refractivity contribution is -0.131. The predicted molar refractivity (Wildman–Crippen MR) is 77.2 cm³/mol. The van der Waals surface area contributed by atoms with Gasteiger partial charge in [0.1, 0.15) is 5.92 Å². The van der Waals surface area contributed by atoms with Gasteiger partial charge in [-0.15, -0.1) is 0 Å². The van der Waals surface area contributed by atoms with Crippen LogP contribution in [0.3, 0.4) is 0 Å². The van der Waals surface area contributed by atoms with Crippen molar-refractivity contribution in [1.82, 2.24) is 10.2 Å². The molecule has 2 rings (SSSR count). The highest BCUT2D eigenvalue weighted by Gasteiger charge is 2.23. The van der Waals surface area contributed by atoms with Gasteiger partial charge >= 0.3 is 0 Å². The highest BCUT2D eigenvalue weighted by atomic mass is 16.2. The van der Waals surface area contributed by atoms with Crippen molar-refractivity contribution in [1.29, 1.82) is 0 Å². The minimum absolute atomic E-state index is 0.272. The summed E-state index contributed by atoms with van der Waals surface area (Å²) in [5, 5.41) is 2.64. The molecular formula is C15H19N3O2. The van der Waals surface area contributed by atoms with Crippen LogP contribution in [0.25, 0.3) is 0 Å². The summed E-state index contributed by atoms with van der Waals surface area (Å²) < 4.78 is 0. The Bertz CT molecular complexity index is 479. The summed E-state index contributed by atoms with van der Waals surface area (Å²) in [4.78, 5) is 29.0. The second-order valence-corrected chi connectivity index (χ2v) is 4.89. The standard InChI is InChI=1S/C15H19N3O2/c19-14(13-7-6-9-17-15(13)20)16-8-2-5-12-18-10-3-1-4-11-18/h6-7,9,13H,1,3-4,8,10-12H2,(H,16,19). The van der Waals surface area contributed by atoms with Crippen LogP contribution in [0, 0.1) is 17.8 Å². The lowest BCUT2D eigenvalue weighted by atomic mass is 10.1. The lowest BCUT2D eigenvalue weighted by Gasteiger charge is -2.23. The fourth-order valence-corrected chi connectivity index (χ4v) is 2.23. The number of dihydropyridines is 1. The Morgan fingerprint density at radius 1 is 1.35 bits per heavy atom. The van der Waals surface area contributed by atoms with Gasteiger partial charge in [0.15, 0.2) is 0 Å². The smallest absolute Gasteiger partial charge is 0.262 e. The zero-order valence-electron chi connectivity index (χ0n) is 11.5. The summed E-state index contributed by atoms with van der Waals surface area (Å²) in [5.41, 5.74) is 0. The van der Waals surface area contributed by atoms with E-state index in [1.807, 2.05) is 0 Å². The molecule has 0 saturated carbocycles. The van der Waals surface area contributed by atoms with Gasteiger partial charge in [-0.3, -0.25) is 14.5 Å². The third-order valence-electron chi connectivity index (χ3n) is 3.37. The van der Waals surface area contributed by atoms with Crippen LogP contribution in [0.5, 0.6) is 0 Å². The largest absolute Gasteiger partial charge is 0.344 e. The number of aliphatic imine (C=N–C) groups is 1. The first-order chi connectivity index (χ1) is 9.77. The molecule has 1 fully saturated rings.